The molecule has 2 unspecified atom stereocenters. The monoisotopic (exact) mass is 512 g/mol. The molecule has 0 saturated carbocycles. The molecule has 0 saturated heterocycles. The Bertz CT molecular complexity index is 1370. The fraction of sp³-hybridized carbons (Fsp3) is 0.240. The van der Waals surface area contributed by atoms with Crippen molar-refractivity contribution >= 4 is 35.0 Å². The van der Waals surface area contributed by atoms with E-state index in [-0.39, 0.29) is 41.5 Å². The Morgan fingerprint density at radius 1 is 1.17 bits per heavy atom. The van der Waals surface area contributed by atoms with Crippen molar-refractivity contribution in [1.29, 1.82) is 0 Å². The lowest BCUT2D eigenvalue weighted by atomic mass is 10.0. The van der Waals surface area contributed by atoms with E-state index in [1.54, 1.807) is 18.2 Å². The number of benzene rings is 2. The Kier molecular flexibility index (Phi) is 6.27. The number of ether oxygens (including phenoxy) is 2. The number of halogens is 2. The smallest absolute Gasteiger partial charge is 0.267 e. The molecule has 3 amide bonds. The van der Waals surface area contributed by atoms with E-state index in [0.717, 1.165) is 0 Å². The molecule has 0 radical (unpaired) electrons. The molecule has 36 heavy (non-hydrogen) atoms. The highest BCUT2D eigenvalue weighted by molar-refractivity contribution is 6.31. The third kappa shape index (κ3) is 4.35. The number of nitrogens with one attached hydrogen (secondary N) is 3. The average Bonchev–Trinajstić information content (AvgIpc) is 3.07. The molecule has 2 aliphatic rings. The molecule has 1 aromatic heterocycles. The van der Waals surface area contributed by atoms with Gasteiger partial charge in [-0.2, -0.15) is 0 Å². The van der Waals surface area contributed by atoms with Gasteiger partial charge in [0.05, 0.1) is 24.0 Å². The number of amides is 3. The van der Waals surface area contributed by atoms with Crippen LogP contribution in [0.4, 0.5) is 10.1 Å². The second-order valence-electron chi connectivity index (χ2n) is 8.34. The van der Waals surface area contributed by atoms with Crippen LogP contribution < -0.4 is 25.4 Å². The van der Waals surface area contributed by atoms with Gasteiger partial charge in [0.15, 0.2) is 17.6 Å². The van der Waals surface area contributed by atoms with Crippen LogP contribution in [-0.4, -0.2) is 42.0 Å². The molecule has 3 aromatic rings. The Morgan fingerprint density at radius 2 is 1.94 bits per heavy atom. The average molecular weight is 513 g/mol. The standard InChI is InChI=1S/C25H22ClFN4O5/c1-28-24(33)17-11-16(29-25(34)20-8-9-35-18-4-2-3-5-19(18)36-20)23-22(30-21(32)12-31(17)23)14-10-13(27)6-7-15(14)26/h2-7,10-11,20,22H,8-9,12H2,1H3,(H,28,33)(H,29,34)(H,30,32). The number of carbonyl (C=O) groups excluding carboxylic acids is 3. The molecule has 2 atom stereocenters. The molecule has 3 heterocycles. The summed E-state index contributed by atoms with van der Waals surface area (Å²) >= 11 is 6.36. The third-order valence-electron chi connectivity index (χ3n) is 6.05. The molecular weight excluding hydrogens is 491 g/mol. The van der Waals surface area contributed by atoms with Gasteiger partial charge >= 0.3 is 0 Å². The number of nitrogens with zero attached hydrogens (tertiary/aromatic N) is 1. The van der Waals surface area contributed by atoms with E-state index in [0.29, 0.717) is 17.2 Å². The van der Waals surface area contributed by atoms with Crippen molar-refractivity contribution in [1.82, 2.24) is 15.2 Å². The minimum atomic E-state index is -0.915. The maximum absolute atomic E-state index is 14.1. The van der Waals surface area contributed by atoms with Gasteiger partial charge < -0.3 is 30.0 Å². The van der Waals surface area contributed by atoms with Gasteiger partial charge in [0.1, 0.15) is 18.1 Å². The van der Waals surface area contributed by atoms with E-state index < -0.39 is 35.7 Å². The number of carbonyl (C=O) groups is 3. The molecule has 0 bridgehead atoms. The van der Waals surface area contributed by atoms with E-state index in [4.69, 9.17) is 21.1 Å². The van der Waals surface area contributed by atoms with E-state index in [1.165, 1.54) is 35.9 Å². The molecule has 2 aliphatic heterocycles. The predicted octanol–water partition coefficient (Wildman–Crippen LogP) is 3.03. The van der Waals surface area contributed by atoms with Crippen LogP contribution >= 0.6 is 11.6 Å². The van der Waals surface area contributed by atoms with Crippen LogP contribution in [0.25, 0.3) is 0 Å². The number of anilines is 1. The highest BCUT2D eigenvalue weighted by Gasteiger charge is 2.35. The maximum atomic E-state index is 14.1. The quantitative estimate of drug-likeness (QED) is 0.498. The van der Waals surface area contributed by atoms with Gasteiger partial charge in [-0.15, -0.1) is 0 Å². The van der Waals surface area contributed by atoms with Gasteiger partial charge in [-0.05, 0) is 36.4 Å². The molecule has 5 rings (SSSR count). The first-order chi connectivity index (χ1) is 17.4. The molecule has 0 aliphatic carbocycles. The third-order valence-corrected chi connectivity index (χ3v) is 6.40. The lowest BCUT2D eigenvalue weighted by Crippen LogP contribution is -2.41. The van der Waals surface area contributed by atoms with Crippen molar-refractivity contribution in [3.05, 3.63) is 76.3 Å². The summed E-state index contributed by atoms with van der Waals surface area (Å²) in [5, 5.41) is 8.39. The number of hydrogen-bond donors (Lipinski definition) is 3. The second-order valence-corrected chi connectivity index (χ2v) is 8.75. The molecule has 9 nitrogen and oxygen atoms in total. The summed E-state index contributed by atoms with van der Waals surface area (Å²) in [4.78, 5) is 38.5. The fourth-order valence-corrected chi connectivity index (χ4v) is 4.62. The van der Waals surface area contributed by atoms with Crippen LogP contribution in [-0.2, 0) is 16.1 Å². The predicted molar refractivity (Wildman–Crippen MR) is 129 cm³/mol. The number of rotatable bonds is 4. The molecule has 2 aromatic carbocycles. The van der Waals surface area contributed by atoms with Crippen LogP contribution in [0.2, 0.25) is 5.02 Å². The summed E-state index contributed by atoms with van der Waals surface area (Å²) < 4.78 is 27.2. The number of para-hydroxylation sites is 2. The second kappa shape index (κ2) is 9.54. The first kappa shape index (κ1) is 23.7. The SMILES string of the molecule is CNC(=O)c1cc(NC(=O)C2CCOc3ccccc3O2)c2n1CC(=O)NC2c1cc(F)ccc1Cl. The number of aromatic nitrogens is 1. The topological polar surface area (TPSA) is 111 Å². The first-order valence-electron chi connectivity index (χ1n) is 11.2. The van der Waals surface area contributed by atoms with E-state index in [9.17, 15) is 18.8 Å². The molecule has 0 fully saturated rings. The van der Waals surface area contributed by atoms with E-state index >= 15 is 0 Å². The van der Waals surface area contributed by atoms with E-state index in [2.05, 4.69) is 16.0 Å². The summed E-state index contributed by atoms with van der Waals surface area (Å²) in [6.45, 7) is 0.0998. The fourth-order valence-electron chi connectivity index (χ4n) is 4.39. The first-order valence-corrected chi connectivity index (χ1v) is 11.6. The zero-order valence-electron chi connectivity index (χ0n) is 19.1. The van der Waals surface area contributed by atoms with Crippen LogP contribution in [0.1, 0.15) is 34.2 Å². The molecule has 11 heteroatoms. The minimum Gasteiger partial charge on any atom is -0.490 e. The zero-order chi connectivity index (χ0) is 25.4. The Labute approximate surface area is 210 Å². The highest BCUT2D eigenvalue weighted by Crippen LogP contribution is 2.38. The van der Waals surface area contributed by atoms with Crippen molar-refractivity contribution in [2.45, 2.75) is 25.1 Å². The van der Waals surface area contributed by atoms with Crippen LogP contribution in [0.15, 0.2) is 48.5 Å². The van der Waals surface area contributed by atoms with Gasteiger partial charge in [-0.1, -0.05) is 23.7 Å². The molecular formula is C25H22ClFN4O5. The highest BCUT2D eigenvalue weighted by atomic mass is 35.5. The summed E-state index contributed by atoms with van der Waals surface area (Å²) in [5.74, 6) is -0.879. The normalized spacial score (nSPS) is 18.5. The molecule has 3 N–H and O–H groups in total. The Hall–Kier alpha value is -4.05. The van der Waals surface area contributed by atoms with Crippen molar-refractivity contribution in [2.75, 3.05) is 19.0 Å². The van der Waals surface area contributed by atoms with Gasteiger partial charge in [-0.25, -0.2) is 4.39 Å². The largest absolute Gasteiger partial charge is 0.490 e. The molecule has 0 spiro atoms. The maximum Gasteiger partial charge on any atom is 0.267 e. The minimum absolute atomic E-state index is 0.158. The van der Waals surface area contributed by atoms with Crippen molar-refractivity contribution in [2.24, 2.45) is 0 Å². The van der Waals surface area contributed by atoms with Crippen LogP contribution in [0.3, 0.4) is 0 Å². The Balaban J connectivity index is 1.55. The van der Waals surface area contributed by atoms with Crippen molar-refractivity contribution < 1.29 is 28.2 Å². The summed E-state index contributed by atoms with van der Waals surface area (Å²) in [5.41, 5.74) is 1.10. The van der Waals surface area contributed by atoms with Crippen molar-refractivity contribution in [3.63, 3.8) is 0 Å². The van der Waals surface area contributed by atoms with Crippen LogP contribution in [0.5, 0.6) is 11.5 Å². The van der Waals surface area contributed by atoms with Gasteiger partial charge in [0.25, 0.3) is 11.8 Å². The van der Waals surface area contributed by atoms with Crippen LogP contribution in [0, 0.1) is 5.82 Å². The van der Waals surface area contributed by atoms with Crippen molar-refractivity contribution in [3.8, 4) is 11.5 Å². The van der Waals surface area contributed by atoms with Gasteiger partial charge in [0.2, 0.25) is 5.91 Å². The lowest BCUT2D eigenvalue weighted by molar-refractivity contribution is -0.123. The zero-order valence-corrected chi connectivity index (χ0v) is 19.9. The lowest BCUT2D eigenvalue weighted by Gasteiger charge is -2.29. The Morgan fingerprint density at radius 3 is 2.72 bits per heavy atom. The summed E-state index contributed by atoms with van der Waals surface area (Å²) in [7, 11) is 1.46. The number of hydrogen-bond acceptors (Lipinski definition) is 5. The summed E-state index contributed by atoms with van der Waals surface area (Å²) in [6.07, 6.45) is -0.587. The van der Waals surface area contributed by atoms with Gasteiger partial charge in [-0.3, -0.25) is 14.4 Å². The van der Waals surface area contributed by atoms with Gasteiger partial charge in [0, 0.05) is 24.1 Å². The number of fused-ring (bicyclic) bond motifs is 2. The molecule has 186 valence electrons. The van der Waals surface area contributed by atoms with E-state index in [1.807, 2.05) is 6.07 Å². The summed E-state index contributed by atoms with van der Waals surface area (Å²) in [6, 6.07) is 11.4.